The van der Waals surface area contributed by atoms with Crippen molar-refractivity contribution in [3.05, 3.63) is 48.3 Å². The van der Waals surface area contributed by atoms with E-state index in [9.17, 15) is 5.11 Å². The lowest BCUT2D eigenvalue weighted by Crippen LogP contribution is -2.42. The molecule has 1 N–H and O–H groups in total. The molecule has 1 aromatic carbocycles. The summed E-state index contributed by atoms with van der Waals surface area (Å²) < 4.78 is 2.00. The Kier molecular flexibility index (Phi) is 5.01. The van der Waals surface area contributed by atoms with E-state index >= 15 is 0 Å². The first-order valence-electron chi connectivity index (χ1n) is 8.65. The molecule has 1 saturated heterocycles. The van der Waals surface area contributed by atoms with Crippen LogP contribution in [0.15, 0.2) is 42.7 Å². The highest BCUT2D eigenvalue weighted by Crippen LogP contribution is 2.39. The average molecular weight is 313 g/mol. The molecule has 0 radical (unpaired) electrons. The van der Waals surface area contributed by atoms with Gasteiger partial charge in [0.2, 0.25) is 0 Å². The maximum atomic E-state index is 9.85. The molecule has 23 heavy (non-hydrogen) atoms. The van der Waals surface area contributed by atoms with E-state index in [1.165, 1.54) is 12.0 Å². The normalized spacial score (nSPS) is 25.6. The summed E-state index contributed by atoms with van der Waals surface area (Å²) in [6.07, 6.45) is 6.20. The number of piperidine rings is 1. The fourth-order valence-corrected chi connectivity index (χ4v) is 3.76. The average Bonchev–Trinajstić information content (AvgIpc) is 3.04. The van der Waals surface area contributed by atoms with Crippen LogP contribution in [0.4, 0.5) is 0 Å². The number of aromatic nitrogens is 2. The molecule has 0 saturated carbocycles. The summed E-state index contributed by atoms with van der Waals surface area (Å²) in [6, 6.07) is 10.2. The van der Waals surface area contributed by atoms with Crippen molar-refractivity contribution >= 4 is 0 Å². The van der Waals surface area contributed by atoms with Gasteiger partial charge in [0, 0.05) is 31.5 Å². The first-order valence-corrected chi connectivity index (χ1v) is 8.65. The zero-order valence-electron chi connectivity index (χ0n) is 14.1. The van der Waals surface area contributed by atoms with E-state index in [1.807, 2.05) is 35.3 Å². The van der Waals surface area contributed by atoms with E-state index in [2.05, 4.69) is 29.9 Å². The molecule has 2 aromatic rings. The predicted octanol–water partition coefficient (Wildman–Crippen LogP) is 3.70. The van der Waals surface area contributed by atoms with Crippen molar-refractivity contribution in [2.24, 2.45) is 11.8 Å². The number of hydrogen-bond acceptors (Lipinski definition) is 3. The maximum absolute atomic E-state index is 9.85. The SMILES string of the molecule is C[C@H]1CCN(CCCn2cccn2)C(c2cccc(O)c2)[C@@H]1C. The summed E-state index contributed by atoms with van der Waals surface area (Å²) >= 11 is 0. The third kappa shape index (κ3) is 3.75. The summed E-state index contributed by atoms with van der Waals surface area (Å²) in [7, 11) is 0. The first kappa shape index (κ1) is 16.1. The van der Waals surface area contributed by atoms with Gasteiger partial charge in [0.1, 0.15) is 5.75 Å². The Morgan fingerprint density at radius 2 is 2.09 bits per heavy atom. The molecule has 4 heteroatoms. The van der Waals surface area contributed by atoms with Gasteiger partial charge in [-0.3, -0.25) is 9.58 Å². The maximum Gasteiger partial charge on any atom is 0.115 e. The number of phenolic OH excluding ortho intramolecular Hbond substituents is 1. The fraction of sp³-hybridized carbons (Fsp3) is 0.526. The van der Waals surface area contributed by atoms with Crippen molar-refractivity contribution in [3.63, 3.8) is 0 Å². The van der Waals surface area contributed by atoms with Crippen molar-refractivity contribution in [1.82, 2.24) is 14.7 Å². The summed E-state index contributed by atoms with van der Waals surface area (Å²) in [5, 5.41) is 14.1. The van der Waals surface area contributed by atoms with Gasteiger partial charge in [-0.2, -0.15) is 5.10 Å². The molecule has 0 bridgehead atoms. The molecule has 3 rings (SSSR count). The Morgan fingerprint density at radius 3 is 2.83 bits per heavy atom. The van der Waals surface area contributed by atoms with Crippen molar-refractivity contribution in [2.75, 3.05) is 13.1 Å². The van der Waals surface area contributed by atoms with Gasteiger partial charge in [-0.05, 0) is 55.0 Å². The number of phenols is 1. The van der Waals surface area contributed by atoms with Gasteiger partial charge in [-0.25, -0.2) is 0 Å². The van der Waals surface area contributed by atoms with E-state index in [0.717, 1.165) is 26.1 Å². The Morgan fingerprint density at radius 1 is 1.22 bits per heavy atom. The zero-order valence-corrected chi connectivity index (χ0v) is 14.1. The van der Waals surface area contributed by atoms with Crippen LogP contribution < -0.4 is 0 Å². The van der Waals surface area contributed by atoms with Crippen molar-refractivity contribution in [2.45, 2.75) is 39.3 Å². The van der Waals surface area contributed by atoms with Gasteiger partial charge in [0.15, 0.2) is 0 Å². The molecular formula is C19H27N3O. The number of aromatic hydroxyl groups is 1. The predicted molar refractivity (Wildman–Crippen MR) is 92.2 cm³/mol. The largest absolute Gasteiger partial charge is 0.508 e. The summed E-state index contributed by atoms with van der Waals surface area (Å²) in [6.45, 7) is 7.85. The van der Waals surface area contributed by atoms with Gasteiger partial charge in [0.05, 0.1) is 0 Å². The Labute approximate surface area is 138 Å². The van der Waals surface area contributed by atoms with Crippen molar-refractivity contribution in [1.29, 1.82) is 0 Å². The molecule has 1 fully saturated rings. The lowest BCUT2D eigenvalue weighted by Gasteiger charge is -2.43. The van der Waals surface area contributed by atoms with Crippen LogP contribution in [-0.4, -0.2) is 32.9 Å². The van der Waals surface area contributed by atoms with Gasteiger partial charge in [-0.15, -0.1) is 0 Å². The van der Waals surface area contributed by atoms with E-state index < -0.39 is 0 Å². The molecule has 4 nitrogen and oxygen atoms in total. The van der Waals surface area contributed by atoms with Crippen molar-refractivity contribution in [3.8, 4) is 5.75 Å². The molecule has 3 atom stereocenters. The zero-order chi connectivity index (χ0) is 16.2. The van der Waals surface area contributed by atoms with Crippen LogP contribution >= 0.6 is 0 Å². The van der Waals surface area contributed by atoms with Crippen LogP contribution in [0.2, 0.25) is 0 Å². The second-order valence-electron chi connectivity index (χ2n) is 6.82. The van der Waals surface area contributed by atoms with Gasteiger partial charge in [-0.1, -0.05) is 26.0 Å². The minimum Gasteiger partial charge on any atom is -0.508 e. The van der Waals surface area contributed by atoms with Crippen LogP contribution in [0.1, 0.15) is 38.3 Å². The molecule has 2 heterocycles. The summed E-state index contributed by atoms with van der Waals surface area (Å²) in [5.41, 5.74) is 1.24. The number of aryl methyl sites for hydroxylation is 1. The topological polar surface area (TPSA) is 41.3 Å². The standard InChI is InChI=1S/C19H27N3O/c1-15-8-13-21(10-5-12-22-11-4-9-20-22)19(16(15)2)17-6-3-7-18(23)14-17/h3-4,6-7,9,11,14-16,19,23H,5,8,10,12-13H2,1-2H3/t15-,16+,19?/m0/s1. The number of nitrogens with zero attached hydrogens (tertiary/aromatic N) is 3. The number of benzene rings is 1. The highest BCUT2D eigenvalue weighted by atomic mass is 16.3. The monoisotopic (exact) mass is 313 g/mol. The third-order valence-electron chi connectivity index (χ3n) is 5.26. The Bertz CT molecular complexity index is 611. The van der Waals surface area contributed by atoms with Gasteiger partial charge in [0.25, 0.3) is 0 Å². The van der Waals surface area contributed by atoms with Crippen LogP contribution in [0, 0.1) is 11.8 Å². The minimum atomic E-state index is 0.365. The van der Waals surface area contributed by atoms with Crippen molar-refractivity contribution < 1.29 is 5.11 Å². The lowest BCUT2D eigenvalue weighted by atomic mass is 9.79. The highest BCUT2D eigenvalue weighted by molar-refractivity contribution is 5.30. The second kappa shape index (κ2) is 7.18. The smallest absolute Gasteiger partial charge is 0.115 e. The Balaban J connectivity index is 1.71. The minimum absolute atomic E-state index is 0.365. The molecule has 0 spiro atoms. The quantitative estimate of drug-likeness (QED) is 0.915. The highest BCUT2D eigenvalue weighted by Gasteiger charge is 2.33. The van der Waals surface area contributed by atoms with Gasteiger partial charge >= 0.3 is 0 Å². The van der Waals surface area contributed by atoms with E-state index in [4.69, 9.17) is 0 Å². The van der Waals surface area contributed by atoms with Crippen LogP contribution in [0.25, 0.3) is 0 Å². The molecule has 124 valence electrons. The number of rotatable bonds is 5. The first-order chi connectivity index (χ1) is 11.1. The van der Waals surface area contributed by atoms with Gasteiger partial charge < -0.3 is 5.11 Å². The fourth-order valence-electron chi connectivity index (χ4n) is 3.76. The molecule has 0 aliphatic carbocycles. The van der Waals surface area contributed by atoms with E-state index in [-0.39, 0.29) is 0 Å². The molecular weight excluding hydrogens is 286 g/mol. The second-order valence-corrected chi connectivity index (χ2v) is 6.82. The van der Waals surface area contributed by atoms with Crippen LogP contribution in [0.5, 0.6) is 5.75 Å². The lowest BCUT2D eigenvalue weighted by molar-refractivity contribution is 0.0610. The van der Waals surface area contributed by atoms with Crippen LogP contribution in [0.3, 0.4) is 0 Å². The molecule has 1 aromatic heterocycles. The summed E-state index contributed by atoms with van der Waals surface area (Å²) in [4.78, 5) is 2.59. The molecule has 0 amide bonds. The van der Waals surface area contributed by atoms with E-state index in [1.54, 1.807) is 6.07 Å². The van der Waals surface area contributed by atoms with E-state index in [0.29, 0.717) is 23.6 Å². The Hall–Kier alpha value is -1.81. The third-order valence-corrected chi connectivity index (χ3v) is 5.26. The summed E-state index contributed by atoms with van der Waals surface area (Å²) in [5.74, 6) is 1.67. The number of hydrogen-bond donors (Lipinski definition) is 1. The number of likely N-dealkylation sites (tertiary alicyclic amines) is 1. The molecule has 1 aliphatic heterocycles. The molecule has 1 aliphatic rings. The van der Waals surface area contributed by atoms with Crippen LogP contribution in [-0.2, 0) is 6.54 Å². The molecule has 1 unspecified atom stereocenters.